The molecule has 3 N–H and O–H groups in total. The van der Waals surface area contributed by atoms with Crippen molar-refractivity contribution in [2.45, 2.75) is 58.0 Å². The van der Waals surface area contributed by atoms with E-state index in [0.717, 1.165) is 12.1 Å². The van der Waals surface area contributed by atoms with Crippen LogP contribution in [0.2, 0.25) is 0 Å². The molecule has 8 heteroatoms. The third-order valence-electron chi connectivity index (χ3n) is 3.79. The molecule has 0 heterocycles. The Morgan fingerprint density at radius 3 is 2.19 bits per heavy atom. The minimum atomic E-state index is -3.74. The first-order chi connectivity index (χ1) is 11.7. The van der Waals surface area contributed by atoms with Crippen molar-refractivity contribution in [3.05, 3.63) is 29.8 Å². The second-order valence-electron chi connectivity index (χ2n) is 6.82. The summed E-state index contributed by atoms with van der Waals surface area (Å²) in [6, 6.07) is 5.92. The molecule has 6 nitrogen and oxygen atoms in total. The van der Waals surface area contributed by atoms with Crippen LogP contribution >= 0.6 is 12.4 Å². The molecule has 0 saturated heterocycles. The van der Waals surface area contributed by atoms with Gasteiger partial charge in [-0.15, -0.1) is 12.4 Å². The highest BCUT2D eigenvalue weighted by Gasteiger charge is 2.26. The number of benzene rings is 1. The molecule has 150 valence electrons. The molecule has 2 atom stereocenters. The molecule has 0 spiro atoms. The van der Waals surface area contributed by atoms with Crippen LogP contribution in [0.15, 0.2) is 29.2 Å². The molecule has 1 rings (SSSR count). The van der Waals surface area contributed by atoms with Gasteiger partial charge in [0.25, 0.3) is 0 Å². The molecular weight excluding hydrogens is 374 g/mol. The van der Waals surface area contributed by atoms with Crippen LogP contribution in [0.25, 0.3) is 0 Å². The van der Waals surface area contributed by atoms with Gasteiger partial charge in [0, 0.05) is 12.6 Å². The van der Waals surface area contributed by atoms with E-state index in [1.807, 2.05) is 34.6 Å². The highest BCUT2D eigenvalue weighted by Crippen LogP contribution is 2.13. The largest absolute Gasteiger partial charge is 0.353 e. The Labute approximate surface area is 164 Å². The molecule has 26 heavy (non-hydrogen) atoms. The van der Waals surface area contributed by atoms with E-state index in [9.17, 15) is 13.2 Å². The van der Waals surface area contributed by atoms with Gasteiger partial charge in [0.15, 0.2) is 0 Å². The lowest BCUT2D eigenvalue weighted by molar-refractivity contribution is -0.123. The number of likely N-dealkylation sites (N-methyl/N-ethyl adjacent to an activating group) is 1. The van der Waals surface area contributed by atoms with Crippen molar-refractivity contribution in [2.75, 3.05) is 13.1 Å². The highest BCUT2D eigenvalue weighted by molar-refractivity contribution is 7.89. The summed E-state index contributed by atoms with van der Waals surface area (Å²) in [6.07, 6.45) is 0.437. The number of amides is 1. The topological polar surface area (TPSA) is 87.3 Å². The Hall–Kier alpha value is -1.15. The maximum Gasteiger partial charge on any atom is 0.241 e. The molecule has 0 bridgehead atoms. The van der Waals surface area contributed by atoms with Gasteiger partial charge in [-0.05, 0) is 44.9 Å². The Morgan fingerprint density at radius 2 is 1.69 bits per heavy atom. The molecule has 1 aromatic carbocycles. The lowest BCUT2D eigenvalue weighted by Crippen LogP contribution is -2.49. The second kappa shape index (κ2) is 11.5. The zero-order chi connectivity index (χ0) is 19.0. The number of nitrogens with one attached hydrogen (secondary N) is 3. The van der Waals surface area contributed by atoms with E-state index in [2.05, 4.69) is 15.4 Å². The first-order valence-electron chi connectivity index (χ1n) is 8.75. The minimum Gasteiger partial charge on any atom is -0.353 e. The van der Waals surface area contributed by atoms with Gasteiger partial charge < -0.3 is 10.6 Å². The number of carbonyl (C=O) groups excluding carboxylic acids is 1. The van der Waals surface area contributed by atoms with Gasteiger partial charge in [-0.2, -0.15) is 4.72 Å². The zero-order valence-corrected chi connectivity index (χ0v) is 17.8. The fourth-order valence-corrected chi connectivity index (χ4v) is 3.66. The summed E-state index contributed by atoms with van der Waals surface area (Å²) in [5.74, 6) is -0.114. The second-order valence-corrected chi connectivity index (χ2v) is 8.53. The molecule has 0 fully saturated rings. The predicted molar refractivity (Wildman–Crippen MR) is 108 cm³/mol. The van der Waals surface area contributed by atoms with Crippen LogP contribution in [-0.4, -0.2) is 39.5 Å². The molecule has 1 aromatic rings. The number of carbonyl (C=O) groups is 1. The molecule has 1 unspecified atom stereocenters. The van der Waals surface area contributed by atoms with Gasteiger partial charge in [0.05, 0.1) is 4.90 Å². The molecule has 0 saturated carbocycles. The Balaban J connectivity index is 0.00000625. The first kappa shape index (κ1) is 24.8. The zero-order valence-electron chi connectivity index (χ0n) is 16.2. The lowest BCUT2D eigenvalue weighted by Gasteiger charge is -2.21. The third-order valence-corrected chi connectivity index (χ3v) is 5.27. The Bertz CT molecular complexity index is 648. The van der Waals surface area contributed by atoms with E-state index in [-0.39, 0.29) is 35.2 Å². The molecule has 0 aliphatic carbocycles. The van der Waals surface area contributed by atoms with Crippen molar-refractivity contribution in [3.63, 3.8) is 0 Å². The standard InChI is InChI=1S/C18H31N3O3S.ClH/c1-6-19-15(5)12-20-18(22)17(11-13(2)3)21-25(23,24)16-9-7-14(4)8-10-16;/h7-10,13,15,17,19,21H,6,11-12H2,1-5H3,(H,20,22);1H/t15-,17?;/m1./s1. The van der Waals surface area contributed by atoms with Gasteiger partial charge in [-0.1, -0.05) is 38.5 Å². The normalized spacial score (nSPS) is 13.8. The summed E-state index contributed by atoms with van der Waals surface area (Å²) in [6.45, 7) is 11.0. The van der Waals surface area contributed by atoms with Crippen molar-refractivity contribution >= 4 is 28.3 Å². The maximum atomic E-state index is 12.6. The maximum absolute atomic E-state index is 12.6. The van der Waals surface area contributed by atoms with Crippen LogP contribution < -0.4 is 15.4 Å². The molecule has 0 aromatic heterocycles. The summed E-state index contributed by atoms with van der Waals surface area (Å²) in [4.78, 5) is 12.7. The van der Waals surface area contributed by atoms with Crippen molar-refractivity contribution in [1.82, 2.24) is 15.4 Å². The van der Waals surface area contributed by atoms with Crippen LogP contribution in [0.4, 0.5) is 0 Å². The summed E-state index contributed by atoms with van der Waals surface area (Å²) in [5.41, 5.74) is 0.979. The molecule has 0 aliphatic rings. The number of rotatable bonds is 10. The highest BCUT2D eigenvalue weighted by atomic mass is 35.5. The third kappa shape index (κ3) is 8.49. The van der Waals surface area contributed by atoms with Crippen molar-refractivity contribution in [1.29, 1.82) is 0 Å². The van der Waals surface area contributed by atoms with Crippen molar-refractivity contribution in [3.8, 4) is 0 Å². The fraction of sp³-hybridized carbons (Fsp3) is 0.611. The summed E-state index contributed by atoms with van der Waals surface area (Å²) < 4.78 is 27.7. The summed E-state index contributed by atoms with van der Waals surface area (Å²) in [7, 11) is -3.74. The average Bonchev–Trinajstić information content (AvgIpc) is 2.52. The number of aryl methyl sites for hydroxylation is 1. The number of hydrogen-bond donors (Lipinski definition) is 3. The summed E-state index contributed by atoms with van der Waals surface area (Å²) >= 11 is 0. The quantitative estimate of drug-likeness (QED) is 0.557. The fourth-order valence-electron chi connectivity index (χ4n) is 2.45. The first-order valence-corrected chi connectivity index (χ1v) is 10.2. The number of sulfonamides is 1. The van der Waals surface area contributed by atoms with E-state index >= 15 is 0 Å². The van der Waals surface area contributed by atoms with Crippen LogP contribution in [0.3, 0.4) is 0 Å². The smallest absolute Gasteiger partial charge is 0.241 e. The van der Waals surface area contributed by atoms with Crippen molar-refractivity contribution < 1.29 is 13.2 Å². The van der Waals surface area contributed by atoms with Crippen molar-refractivity contribution in [2.24, 2.45) is 5.92 Å². The monoisotopic (exact) mass is 405 g/mol. The van der Waals surface area contributed by atoms with E-state index < -0.39 is 16.1 Å². The van der Waals surface area contributed by atoms with E-state index in [4.69, 9.17) is 0 Å². The predicted octanol–water partition coefficient (Wildman–Crippen LogP) is 2.22. The number of hydrogen-bond acceptors (Lipinski definition) is 4. The van der Waals surface area contributed by atoms with Crippen LogP contribution in [0.5, 0.6) is 0 Å². The molecule has 0 radical (unpaired) electrons. The average molecular weight is 406 g/mol. The molecular formula is C18H32ClN3O3S. The van der Waals surface area contributed by atoms with Gasteiger partial charge in [0.1, 0.15) is 6.04 Å². The molecule has 1 amide bonds. The molecule has 0 aliphatic heterocycles. The van der Waals surface area contributed by atoms with Crippen LogP contribution in [-0.2, 0) is 14.8 Å². The van der Waals surface area contributed by atoms with Gasteiger partial charge in [-0.3, -0.25) is 4.79 Å². The SMILES string of the molecule is CCN[C@H](C)CNC(=O)C(CC(C)C)NS(=O)(=O)c1ccc(C)cc1.Cl. The minimum absolute atomic E-state index is 0. The van der Waals surface area contributed by atoms with E-state index in [1.54, 1.807) is 24.3 Å². The van der Waals surface area contributed by atoms with E-state index in [1.165, 1.54) is 0 Å². The Morgan fingerprint density at radius 1 is 1.12 bits per heavy atom. The lowest BCUT2D eigenvalue weighted by atomic mass is 10.0. The van der Waals surface area contributed by atoms with Gasteiger partial charge in [0.2, 0.25) is 15.9 Å². The van der Waals surface area contributed by atoms with Gasteiger partial charge in [-0.25, -0.2) is 8.42 Å². The summed E-state index contributed by atoms with van der Waals surface area (Å²) in [5, 5.41) is 6.03. The van der Waals surface area contributed by atoms with Gasteiger partial charge >= 0.3 is 0 Å². The van der Waals surface area contributed by atoms with Crippen LogP contribution in [0.1, 0.15) is 39.7 Å². The Kier molecular flexibility index (Phi) is 11.0. The number of halogens is 1. The van der Waals surface area contributed by atoms with Crippen LogP contribution in [0, 0.1) is 12.8 Å². The van der Waals surface area contributed by atoms with E-state index in [0.29, 0.717) is 13.0 Å².